The highest BCUT2D eigenvalue weighted by Gasteiger charge is 2.37. The molecule has 0 aliphatic carbocycles. The molecular weight excluding hydrogens is 282 g/mol. The lowest BCUT2D eigenvalue weighted by Crippen LogP contribution is -2.50. The molecule has 5 nitrogen and oxygen atoms in total. The largest absolute Gasteiger partial charge is 0.389 e. The summed E-state index contributed by atoms with van der Waals surface area (Å²) < 4.78 is 12.4. The average Bonchev–Trinajstić information content (AvgIpc) is 2.38. The minimum absolute atomic E-state index is 0.697. The van der Waals surface area contributed by atoms with Gasteiger partial charge in [0.1, 0.15) is 0 Å². The molecule has 0 spiro atoms. The van der Waals surface area contributed by atoms with E-state index in [2.05, 4.69) is 58.4 Å². The zero-order chi connectivity index (χ0) is 16.3. The topological polar surface area (TPSA) is 37.3 Å². The van der Waals surface area contributed by atoms with Gasteiger partial charge >= 0.3 is 8.56 Å². The predicted molar refractivity (Wildman–Crippen MR) is 93.5 cm³/mol. The molecule has 0 saturated carbocycles. The lowest BCUT2D eigenvalue weighted by Gasteiger charge is -2.29. The van der Waals surface area contributed by atoms with Gasteiger partial charge in [-0.2, -0.15) is 0 Å². The summed E-state index contributed by atoms with van der Waals surface area (Å²) in [5.74, 6) is 0. The molecule has 0 radical (unpaired) electrons. The van der Waals surface area contributed by atoms with E-state index < -0.39 is 8.56 Å². The van der Waals surface area contributed by atoms with E-state index in [-0.39, 0.29) is 0 Å². The molecule has 6 heteroatoms. The third kappa shape index (κ3) is 9.37. The lowest BCUT2D eigenvalue weighted by molar-refractivity contribution is 0.162. The molecule has 0 aromatic heterocycles. The Hall–Kier alpha value is -0.273. The quantitative estimate of drug-likeness (QED) is 0.408. The molecule has 0 unspecified atom stereocenters. The van der Waals surface area contributed by atoms with Crippen LogP contribution in [-0.2, 0) is 8.85 Å². The predicted octanol–water partition coefficient (Wildman–Crippen LogP) is 2.02. The Morgan fingerprint density at radius 3 is 1.76 bits per heavy atom. The van der Waals surface area contributed by atoms with E-state index >= 15 is 0 Å². The van der Waals surface area contributed by atoms with Gasteiger partial charge in [-0.1, -0.05) is 13.8 Å². The normalized spacial score (nSPS) is 13.5. The second-order valence-electron chi connectivity index (χ2n) is 5.93. The second kappa shape index (κ2) is 11.3. The second-order valence-corrected chi connectivity index (χ2v) is 8.98. The van der Waals surface area contributed by atoms with Gasteiger partial charge in [0, 0.05) is 32.8 Å². The molecule has 0 aromatic rings. The highest BCUT2D eigenvalue weighted by Crippen LogP contribution is 2.13. The van der Waals surface area contributed by atoms with Crippen molar-refractivity contribution < 1.29 is 8.85 Å². The van der Waals surface area contributed by atoms with Crippen molar-refractivity contribution in [2.75, 3.05) is 61.0 Å². The number of likely N-dealkylation sites (N-methyl/N-ethyl adjacent to an activating group) is 2. The van der Waals surface area contributed by atoms with Crippen molar-refractivity contribution in [2.24, 2.45) is 4.99 Å². The fraction of sp³-hybridized carbons (Fsp3) is 0.933. The summed E-state index contributed by atoms with van der Waals surface area (Å²) in [7, 11) is 5.87. The molecule has 0 saturated heterocycles. The SMILES string of the molecule is CCCN=C(CC)[Si](C)(OCCN(C)C)OCCN(C)C. The van der Waals surface area contributed by atoms with Gasteiger partial charge in [-0.05, 0) is 47.6 Å². The Bertz CT molecular complexity index is 283. The van der Waals surface area contributed by atoms with Crippen LogP contribution in [0.2, 0.25) is 6.55 Å². The minimum atomic E-state index is -2.35. The van der Waals surface area contributed by atoms with Crippen molar-refractivity contribution in [1.29, 1.82) is 0 Å². The number of hydrogen-bond donors (Lipinski definition) is 0. The summed E-state index contributed by atoms with van der Waals surface area (Å²) in [6, 6.07) is 0. The molecule has 0 heterocycles. The van der Waals surface area contributed by atoms with Gasteiger partial charge in [-0.25, -0.2) is 0 Å². The van der Waals surface area contributed by atoms with Crippen LogP contribution in [-0.4, -0.2) is 84.7 Å². The Kier molecular flexibility index (Phi) is 11.2. The number of aliphatic imine (C=N–C) groups is 1. The van der Waals surface area contributed by atoms with Gasteiger partial charge in [0.2, 0.25) is 0 Å². The first-order chi connectivity index (χ1) is 9.85. The smallest absolute Gasteiger partial charge is 0.383 e. The van der Waals surface area contributed by atoms with E-state index in [0.717, 1.165) is 37.8 Å². The van der Waals surface area contributed by atoms with Gasteiger partial charge in [0.05, 0.1) is 5.33 Å². The first kappa shape index (κ1) is 20.7. The summed E-state index contributed by atoms with van der Waals surface area (Å²) in [5, 5.41) is 1.14. The van der Waals surface area contributed by atoms with Crippen LogP contribution in [0.3, 0.4) is 0 Å². The van der Waals surface area contributed by atoms with Gasteiger partial charge in [0.15, 0.2) is 0 Å². The van der Waals surface area contributed by atoms with E-state index in [1.165, 1.54) is 0 Å². The van der Waals surface area contributed by atoms with Gasteiger partial charge in [-0.15, -0.1) is 0 Å². The number of nitrogens with zero attached hydrogens (tertiary/aromatic N) is 3. The van der Waals surface area contributed by atoms with Crippen LogP contribution in [0.25, 0.3) is 0 Å². The third-order valence-corrected chi connectivity index (χ3v) is 6.29. The standard InChI is InChI=1S/C15H35N3O2Si/c1-8-10-16-15(9-2)21(7,19-13-11-17(3)4)20-14-12-18(5)6/h8-14H2,1-7H3. The lowest BCUT2D eigenvalue weighted by atomic mass is 10.5. The molecule has 0 rings (SSSR count). The molecule has 0 bridgehead atoms. The minimum Gasteiger partial charge on any atom is -0.389 e. The van der Waals surface area contributed by atoms with Crippen molar-refractivity contribution >= 4 is 13.9 Å². The van der Waals surface area contributed by atoms with Gasteiger partial charge in [0.25, 0.3) is 0 Å². The van der Waals surface area contributed by atoms with Crippen LogP contribution >= 0.6 is 0 Å². The van der Waals surface area contributed by atoms with Crippen molar-refractivity contribution in [1.82, 2.24) is 9.80 Å². The molecule has 0 aromatic carbocycles. The Morgan fingerprint density at radius 1 is 0.952 bits per heavy atom. The van der Waals surface area contributed by atoms with E-state index in [4.69, 9.17) is 13.8 Å². The van der Waals surface area contributed by atoms with Crippen molar-refractivity contribution in [3.8, 4) is 0 Å². The highest BCUT2D eigenvalue weighted by atomic mass is 28.4. The van der Waals surface area contributed by atoms with E-state index in [1.807, 2.05) is 0 Å². The summed E-state index contributed by atoms with van der Waals surface area (Å²) in [6.07, 6.45) is 1.97. The maximum Gasteiger partial charge on any atom is 0.383 e. The summed E-state index contributed by atoms with van der Waals surface area (Å²) in [5.41, 5.74) is 0. The molecule has 0 fully saturated rings. The molecule has 0 amide bonds. The van der Waals surface area contributed by atoms with E-state index in [0.29, 0.717) is 13.2 Å². The molecule has 0 atom stereocenters. The molecule has 0 aliphatic rings. The number of hydrogen-bond acceptors (Lipinski definition) is 5. The third-order valence-electron chi connectivity index (χ3n) is 3.22. The van der Waals surface area contributed by atoms with Gasteiger partial charge in [-0.3, -0.25) is 4.99 Å². The highest BCUT2D eigenvalue weighted by molar-refractivity contribution is 6.97. The maximum absolute atomic E-state index is 6.20. The molecule has 21 heavy (non-hydrogen) atoms. The molecule has 0 aliphatic heterocycles. The van der Waals surface area contributed by atoms with Crippen LogP contribution in [0, 0.1) is 0 Å². The van der Waals surface area contributed by atoms with Crippen molar-refractivity contribution in [3.63, 3.8) is 0 Å². The van der Waals surface area contributed by atoms with Crippen molar-refractivity contribution in [3.05, 3.63) is 0 Å². The monoisotopic (exact) mass is 317 g/mol. The average molecular weight is 318 g/mol. The van der Waals surface area contributed by atoms with Gasteiger partial charge < -0.3 is 18.7 Å². The summed E-state index contributed by atoms with van der Waals surface area (Å²) in [6.45, 7) is 10.5. The molecule has 0 N–H and O–H groups in total. The van der Waals surface area contributed by atoms with Crippen LogP contribution < -0.4 is 0 Å². The molecule has 126 valence electrons. The zero-order valence-corrected chi connectivity index (χ0v) is 16.1. The number of rotatable bonds is 12. The summed E-state index contributed by atoms with van der Waals surface area (Å²) in [4.78, 5) is 8.99. The fourth-order valence-corrected chi connectivity index (χ4v) is 4.30. The first-order valence-electron chi connectivity index (χ1n) is 7.96. The first-order valence-corrected chi connectivity index (χ1v) is 10.3. The Morgan fingerprint density at radius 2 is 1.43 bits per heavy atom. The van der Waals surface area contributed by atoms with Crippen LogP contribution in [0.1, 0.15) is 26.7 Å². The van der Waals surface area contributed by atoms with Crippen LogP contribution in [0.5, 0.6) is 0 Å². The molecular formula is C15H35N3O2Si. The van der Waals surface area contributed by atoms with Crippen LogP contribution in [0.4, 0.5) is 0 Å². The van der Waals surface area contributed by atoms with E-state index in [1.54, 1.807) is 0 Å². The fourth-order valence-electron chi connectivity index (χ4n) is 1.88. The summed E-state index contributed by atoms with van der Waals surface area (Å²) >= 11 is 0. The van der Waals surface area contributed by atoms with Crippen molar-refractivity contribution in [2.45, 2.75) is 33.2 Å². The maximum atomic E-state index is 6.20. The van der Waals surface area contributed by atoms with Crippen LogP contribution in [0.15, 0.2) is 4.99 Å². The Labute approximate surface area is 132 Å². The Balaban J connectivity index is 4.77. The van der Waals surface area contributed by atoms with E-state index in [9.17, 15) is 0 Å². The zero-order valence-electron chi connectivity index (χ0n) is 15.1.